The third-order valence-corrected chi connectivity index (χ3v) is 1.34. The molecule has 1 aromatic heterocycles. The van der Waals surface area contributed by atoms with Gasteiger partial charge in [0.2, 0.25) is 5.91 Å². The molecule has 4 nitrogen and oxygen atoms in total. The molecule has 0 aliphatic carbocycles. The lowest BCUT2D eigenvalue weighted by Gasteiger charge is -1.98. The van der Waals surface area contributed by atoms with E-state index in [1.165, 1.54) is 0 Å². The van der Waals surface area contributed by atoms with Crippen LogP contribution in [0.1, 0.15) is 6.42 Å². The van der Waals surface area contributed by atoms with Crippen molar-refractivity contribution < 1.29 is 4.79 Å². The Hall–Kier alpha value is -0.970. The zero-order valence-electron chi connectivity index (χ0n) is 5.87. The summed E-state index contributed by atoms with van der Waals surface area (Å²) in [6, 6.07) is 1.69. The van der Waals surface area contributed by atoms with Gasteiger partial charge in [0.05, 0.1) is 6.20 Å². The largest absolute Gasteiger partial charge is 0.311 e. The van der Waals surface area contributed by atoms with Gasteiger partial charge in [-0.25, -0.2) is 0 Å². The molecule has 2 N–H and O–H groups in total. The normalized spacial score (nSPS) is 9.55. The average Bonchev–Trinajstić information content (AvgIpc) is 2.40. The zero-order valence-corrected chi connectivity index (χ0v) is 6.77. The van der Waals surface area contributed by atoms with Crippen molar-refractivity contribution in [2.45, 2.75) is 6.42 Å². The lowest BCUT2D eigenvalue weighted by molar-refractivity contribution is -0.115. The Bertz CT molecular complexity index is 222. The van der Waals surface area contributed by atoms with Crippen LogP contribution in [0.2, 0.25) is 0 Å². The number of nitrogens with one attached hydrogen (secondary N) is 2. The number of thiol groups is 1. The number of H-pyrrole nitrogens is 1. The Kier molecular flexibility index (Phi) is 2.97. The molecule has 0 spiro atoms. The fourth-order valence-corrected chi connectivity index (χ4v) is 0.843. The average molecular weight is 171 g/mol. The molecule has 0 saturated carbocycles. The summed E-state index contributed by atoms with van der Waals surface area (Å²) in [6.45, 7) is 0. The number of hydrogen-bond acceptors (Lipinski definition) is 3. The number of aromatic nitrogens is 2. The van der Waals surface area contributed by atoms with Gasteiger partial charge in [0.25, 0.3) is 0 Å². The van der Waals surface area contributed by atoms with E-state index in [9.17, 15) is 4.79 Å². The number of nitrogens with zero attached hydrogens (tertiary/aromatic N) is 1. The van der Waals surface area contributed by atoms with Crippen molar-refractivity contribution in [1.29, 1.82) is 0 Å². The first-order valence-electron chi connectivity index (χ1n) is 3.23. The first-order valence-corrected chi connectivity index (χ1v) is 3.86. The van der Waals surface area contributed by atoms with Crippen LogP contribution in [0.5, 0.6) is 0 Å². The van der Waals surface area contributed by atoms with Crippen molar-refractivity contribution in [1.82, 2.24) is 10.2 Å². The highest BCUT2D eigenvalue weighted by Gasteiger charge is 1.99. The molecule has 0 saturated heterocycles. The molecule has 0 radical (unpaired) electrons. The molecule has 1 heterocycles. The van der Waals surface area contributed by atoms with Crippen LogP contribution < -0.4 is 5.32 Å². The van der Waals surface area contributed by atoms with Crippen molar-refractivity contribution in [3.63, 3.8) is 0 Å². The van der Waals surface area contributed by atoms with Crippen molar-refractivity contribution in [3.8, 4) is 0 Å². The van der Waals surface area contributed by atoms with Crippen LogP contribution in [0.4, 0.5) is 5.82 Å². The van der Waals surface area contributed by atoms with E-state index in [2.05, 4.69) is 28.1 Å². The summed E-state index contributed by atoms with van der Waals surface area (Å²) in [5, 5.41) is 8.91. The van der Waals surface area contributed by atoms with Crippen LogP contribution in [-0.2, 0) is 4.79 Å². The summed E-state index contributed by atoms with van der Waals surface area (Å²) in [6.07, 6.45) is 2.00. The fourth-order valence-electron chi connectivity index (χ4n) is 0.640. The summed E-state index contributed by atoms with van der Waals surface area (Å²) in [7, 11) is 0. The molecule has 1 amide bonds. The second kappa shape index (κ2) is 4.02. The van der Waals surface area contributed by atoms with Crippen molar-refractivity contribution >= 4 is 24.4 Å². The molecule has 0 atom stereocenters. The monoisotopic (exact) mass is 171 g/mol. The van der Waals surface area contributed by atoms with Gasteiger partial charge >= 0.3 is 0 Å². The molecule has 0 unspecified atom stereocenters. The summed E-state index contributed by atoms with van der Waals surface area (Å²) in [5.74, 6) is 1.13. The van der Waals surface area contributed by atoms with E-state index in [0.717, 1.165) is 0 Å². The SMILES string of the molecule is O=C(CCS)Nc1ccn[nH]1. The first-order chi connectivity index (χ1) is 5.33. The summed E-state index contributed by atoms with van der Waals surface area (Å²) in [5.41, 5.74) is 0. The topological polar surface area (TPSA) is 57.8 Å². The predicted octanol–water partition coefficient (Wildman–Crippen LogP) is 0.668. The highest BCUT2D eigenvalue weighted by atomic mass is 32.1. The molecule has 0 aliphatic heterocycles. The lowest BCUT2D eigenvalue weighted by atomic mass is 10.4. The molecule has 0 aliphatic rings. The van der Waals surface area contributed by atoms with E-state index < -0.39 is 0 Å². The van der Waals surface area contributed by atoms with E-state index in [4.69, 9.17) is 0 Å². The zero-order chi connectivity index (χ0) is 8.10. The molecular weight excluding hydrogens is 162 g/mol. The number of carbonyl (C=O) groups is 1. The Balaban J connectivity index is 2.37. The van der Waals surface area contributed by atoms with Crippen LogP contribution in [0.15, 0.2) is 12.3 Å². The van der Waals surface area contributed by atoms with Gasteiger partial charge in [0.1, 0.15) is 5.82 Å². The Labute approximate surface area is 69.8 Å². The fraction of sp³-hybridized carbons (Fsp3) is 0.333. The van der Waals surface area contributed by atoms with Gasteiger partial charge < -0.3 is 5.32 Å². The van der Waals surface area contributed by atoms with Gasteiger partial charge in [0.15, 0.2) is 0 Å². The maximum absolute atomic E-state index is 10.9. The molecule has 0 aromatic carbocycles. The van der Waals surface area contributed by atoms with Gasteiger partial charge in [-0.2, -0.15) is 17.7 Å². The van der Waals surface area contributed by atoms with E-state index in [1.54, 1.807) is 12.3 Å². The predicted molar refractivity (Wildman–Crippen MR) is 45.7 cm³/mol. The Morgan fingerprint density at radius 3 is 3.18 bits per heavy atom. The van der Waals surface area contributed by atoms with Crippen LogP contribution in [0.3, 0.4) is 0 Å². The quantitative estimate of drug-likeness (QED) is 0.585. The molecular formula is C6H9N3OS. The van der Waals surface area contributed by atoms with Crippen LogP contribution in [-0.4, -0.2) is 21.9 Å². The molecule has 60 valence electrons. The Morgan fingerprint density at radius 2 is 2.64 bits per heavy atom. The van der Waals surface area contributed by atoms with Crippen LogP contribution in [0.25, 0.3) is 0 Å². The van der Waals surface area contributed by atoms with Crippen molar-refractivity contribution in [2.24, 2.45) is 0 Å². The van der Waals surface area contributed by atoms with Gasteiger partial charge in [0, 0.05) is 12.5 Å². The number of aromatic amines is 1. The minimum Gasteiger partial charge on any atom is -0.311 e. The molecule has 0 bridgehead atoms. The number of carbonyl (C=O) groups excluding carboxylic acids is 1. The molecule has 0 fully saturated rings. The number of anilines is 1. The van der Waals surface area contributed by atoms with Gasteiger partial charge in [-0.3, -0.25) is 9.89 Å². The van der Waals surface area contributed by atoms with E-state index in [1.807, 2.05) is 0 Å². The maximum Gasteiger partial charge on any atom is 0.226 e. The van der Waals surface area contributed by atoms with Gasteiger partial charge in [-0.05, 0) is 5.75 Å². The number of hydrogen-bond donors (Lipinski definition) is 3. The third-order valence-electron chi connectivity index (χ3n) is 1.11. The number of rotatable bonds is 3. The van der Waals surface area contributed by atoms with Crippen LogP contribution >= 0.6 is 12.6 Å². The number of amides is 1. The Morgan fingerprint density at radius 1 is 1.82 bits per heavy atom. The molecule has 1 aromatic rings. The summed E-state index contributed by atoms with van der Waals surface area (Å²) in [4.78, 5) is 10.9. The second-order valence-electron chi connectivity index (χ2n) is 1.99. The highest BCUT2D eigenvalue weighted by Crippen LogP contribution is 1.99. The van der Waals surface area contributed by atoms with Crippen LogP contribution in [0, 0.1) is 0 Å². The summed E-state index contributed by atoms with van der Waals surface area (Å²) < 4.78 is 0. The summed E-state index contributed by atoms with van der Waals surface area (Å²) >= 11 is 3.92. The lowest BCUT2D eigenvalue weighted by Crippen LogP contribution is -2.11. The molecule has 1 rings (SSSR count). The maximum atomic E-state index is 10.9. The van der Waals surface area contributed by atoms with Crippen molar-refractivity contribution in [3.05, 3.63) is 12.3 Å². The molecule has 11 heavy (non-hydrogen) atoms. The molecule has 5 heteroatoms. The first kappa shape index (κ1) is 8.13. The van der Waals surface area contributed by atoms with Gasteiger partial charge in [-0.1, -0.05) is 0 Å². The minimum atomic E-state index is -0.0516. The minimum absolute atomic E-state index is 0.0516. The van der Waals surface area contributed by atoms with E-state index >= 15 is 0 Å². The second-order valence-corrected chi connectivity index (χ2v) is 2.44. The van der Waals surface area contributed by atoms with Gasteiger partial charge in [-0.15, -0.1) is 0 Å². The smallest absolute Gasteiger partial charge is 0.226 e. The van der Waals surface area contributed by atoms with E-state index in [-0.39, 0.29) is 5.91 Å². The van der Waals surface area contributed by atoms with E-state index in [0.29, 0.717) is 18.0 Å². The highest BCUT2D eigenvalue weighted by molar-refractivity contribution is 7.80. The third kappa shape index (κ3) is 2.63. The standard InChI is InChI=1S/C6H9N3OS/c10-6(2-4-11)8-5-1-3-7-9-5/h1,3,11H,2,4H2,(H2,7,8,9,10). The van der Waals surface area contributed by atoms with Crippen molar-refractivity contribution in [2.75, 3.05) is 11.1 Å².